The highest BCUT2D eigenvalue weighted by Gasteiger charge is 2.24. The predicted molar refractivity (Wildman–Crippen MR) is 128 cm³/mol. The Balaban J connectivity index is 2.13. The molecule has 0 unspecified atom stereocenters. The van der Waals surface area contributed by atoms with Gasteiger partial charge < -0.3 is 5.11 Å². The number of halogens is 1. The van der Waals surface area contributed by atoms with Gasteiger partial charge in [0.15, 0.2) is 0 Å². The minimum Gasteiger partial charge on any atom is -0.392 e. The van der Waals surface area contributed by atoms with Crippen LogP contribution < -0.4 is 11.2 Å². The van der Waals surface area contributed by atoms with E-state index in [1.807, 2.05) is 27.7 Å². The summed E-state index contributed by atoms with van der Waals surface area (Å²) in [7, 11) is 1.47. The van der Waals surface area contributed by atoms with Crippen LogP contribution in [0, 0.1) is 25.6 Å². The number of benzene rings is 1. The second-order valence-corrected chi connectivity index (χ2v) is 9.91. The van der Waals surface area contributed by atoms with Crippen molar-refractivity contribution < 1.29 is 9.50 Å². The average Bonchev–Trinajstić information content (AvgIpc) is 3.30. The molecule has 0 spiro atoms. The number of hydrogen-bond donors (Lipinski definition) is 2. The van der Waals surface area contributed by atoms with Gasteiger partial charge in [0, 0.05) is 41.7 Å². The first-order valence-electron chi connectivity index (χ1n) is 10.8. The summed E-state index contributed by atoms with van der Waals surface area (Å²) in [6.07, 6.45) is 0.479. The maximum absolute atomic E-state index is 14.5. The Kier molecular flexibility index (Phi) is 6.11. The zero-order chi connectivity index (χ0) is 24.0. The lowest BCUT2D eigenvalue weighted by molar-refractivity contribution is 0.281. The molecule has 0 aliphatic heterocycles. The van der Waals surface area contributed by atoms with Crippen molar-refractivity contribution in [3.63, 3.8) is 0 Å². The molecule has 0 atom stereocenters. The van der Waals surface area contributed by atoms with Crippen LogP contribution in [-0.4, -0.2) is 24.4 Å². The molecule has 174 valence electrons. The maximum atomic E-state index is 14.5. The van der Waals surface area contributed by atoms with Gasteiger partial charge >= 0.3 is 5.69 Å². The van der Waals surface area contributed by atoms with Gasteiger partial charge in [-0.2, -0.15) is 5.10 Å². The quantitative estimate of drug-likeness (QED) is 0.450. The fourth-order valence-corrected chi connectivity index (χ4v) is 5.54. The van der Waals surface area contributed by atoms with E-state index >= 15 is 0 Å². The molecule has 0 saturated heterocycles. The summed E-state index contributed by atoms with van der Waals surface area (Å²) >= 11 is 1.38. The van der Waals surface area contributed by atoms with E-state index in [-0.39, 0.29) is 18.2 Å². The number of nitrogens with one attached hydrogen (secondary N) is 1. The van der Waals surface area contributed by atoms with Crippen LogP contribution >= 0.6 is 11.3 Å². The van der Waals surface area contributed by atoms with Gasteiger partial charge in [0.05, 0.1) is 17.7 Å². The third-order valence-corrected chi connectivity index (χ3v) is 7.05. The first kappa shape index (κ1) is 23.1. The number of nitrogens with zero attached hydrogens (tertiary/aromatic N) is 3. The van der Waals surface area contributed by atoms with Crippen LogP contribution in [0.2, 0.25) is 0 Å². The summed E-state index contributed by atoms with van der Waals surface area (Å²) in [6.45, 7) is 8.00. The molecule has 0 aliphatic rings. The highest BCUT2D eigenvalue weighted by Crippen LogP contribution is 2.39. The molecule has 7 nitrogen and oxygen atoms in total. The van der Waals surface area contributed by atoms with Gasteiger partial charge in [-0.3, -0.25) is 19.0 Å². The van der Waals surface area contributed by atoms with Crippen molar-refractivity contribution in [3.8, 4) is 11.1 Å². The second-order valence-electron chi connectivity index (χ2n) is 8.83. The number of fused-ring (bicyclic) bond motifs is 1. The molecular weight excluding hydrogens is 443 g/mol. The Morgan fingerprint density at radius 2 is 1.94 bits per heavy atom. The third kappa shape index (κ3) is 4.06. The lowest BCUT2D eigenvalue weighted by atomic mass is 9.97. The predicted octanol–water partition coefficient (Wildman–Crippen LogP) is 3.65. The van der Waals surface area contributed by atoms with E-state index in [2.05, 4.69) is 10.2 Å². The molecule has 3 heterocycles. The van der Waals surface area contributed by atoms with Crippen LogP contribution in [0.15, 0.2) is 27.8 Å². The highest BCUT2D eigenvalue weighted by molar-refractivity contribution is 7.19. The summed E-state index contributed by atoms with van der Waals surface area (Å²) < 4.78 is 17.2. The second kappa shape index (κ2) is 8.72. The molecule has 0 fully saturated rings. The number of aliphatic hydroxyl groups is 1. The van der Waals surface area contributed by atoms with Crippen molar-refractivity contribution in [3.05, 3.63) is 72.2 Å². The van der Waals surface area contributed by atoms with Crippen molar-refractivity contribution in [2.45, 2.75) is 47.3 Å². The average molecular weight is 471 g/mol. The van der Waals surface area contributed by atoms with Crippen molar-refractivity contribution >= 4 is 21.6 Å². The number of H-pyrrole nitrogens is 1. The molecule has 3 aromatic heterocycles. The van der Waals surface area contributed by atoms with Crippen LogP contribution in [0.1, 0.15) is 41.2 Å². The summed E-state index contributed by atoms with van der Waals surface area (Å²) in [4.78, 5) is 27.8. The summed E-state index contributed by atoms with van der Waals surface area (Å²) in [5.41, 5.74) is 3.49. The van der Waals surface area contributed by atoms with Crippen LogP contribution in [0.5, 0.6) is 0 Å². The van der Waals surface area contributed by atoms with Crippen molar-refractivity contribution in [2.75, 3.05) is 0 Å². The zero-order valence-corrected chi connectivity index (χ0v) is 20.1. The molecule has 2 N–H and O–H groups in total. The molecule has 9 heteroatoms. The molecule has 0 aliphatic carbocycles. The molecule has 33 heavy (non-hydrogen) atoms. The van der Waals surface area contributed by atoms with E-state index in [4.69, 9.17) is 0 Å². The number of aliphatic hydroxyl groups excluding tert-OH is 1. The Bertz CT molecular complexity index is 1460. The number of aryl methyl sites for hydroxylation is 2. The number of rotatable bonds is 6. The topological polar surface area (TPSA) is 92.9 Å². The first-order valence-corrected chi connectivity index (χ1v) is 11.6. The minimum absolute atomic E-state index is 0.186. The first-order chi connectivity index (χ1) is 15.6. The molecule has 0 radical (unpaired) electrons. The zero-order valence-electron chi connectivity index (χ0n) is 19.3. The van der Waals surface area contributed by atoms with Gasteiger partial charge in [-0.15, -0.1) is 11.3 Å². The normalized spacial score (nSPS) is 11.8. The Morgan fingerprint density at radius 1 is 1.21 bits per heavy atom. The van der Waals surface area contributed by atoms with Crippen LogP contribution in [0.25, 0.3) is 21.3 Å². The standard InChI is InChI=1S/C24H27FN4O3S/c1-12(2)10-29-23-21(22(31)28(5)24(29)32)20(16-6-15(11-30)7-17(25)8-16)19(33-23)9-18-13(3)26-27-14(18)4/h6-8,12,30H,9-11H2,1-5H3,(H,26,27). The van der Waals surface area contributed by atoms with Gasteiger partial charge in [0.25, 0.3) is 5.56 Å². The lowest BCUT2D eigenvalue weighted by Crippen LogP contribution is -2.38. The summed E-state index contributed by atoms with van der Waals surface area (Å²) in [6, 6.07) is 4.34. The third-order valence-electron chi connectivity index (χ3n) is 5.84. The monoisotopic (exact) mass is 470 g/mol. The molecule has 1 aromatic carbocycles. The van der Waals surface area contributed by atoms with E-state index in [0.29, 0.717) is 39.9 Å². The summed E-state index contributed by atoms with van der Waals surface area (Å²) in [5, 5.41) is 17.3. The van der Waals surface area contributed by atoms with Gasteiger partial charge in [0.2, 0.25) is 0 Å². The van der Waals surface area contributed by atoms with Gasteiger partial charge in [0.1, 0.15) is 10.6 Å². The number of hydrogen-bond acceptors (Lipinski definition) is 5. The van der Waals surface area contributed by atoms with Gasteiger partial charge in [-0.05, 0) is 49.1 Å². The van der Waals surface area contributed by atoms with Gasteiger partial charge in [-0.1, -0.05) is 13.8 Å². The fraction of sp³-hybridized carbons (Fsp3) is 0.375. The molecular formula is C24H27FN4O3S. The Labute approximate surface area is 194 Å². The van der Waals surface area contributed by atoms with E-state index in [0.717, 1.165) is 26.4 Å². The van der Waals surface area contributed by atoms with Crippen LogP contribution in [-0.2, 0) is 26.6 Å². The minimum atomic E-state index is -0.496. The SMILES string of the molecule is Cc1n[nH]c(C)c1Cc1sc2c(c1-c1cc(F)cc(CO)c1)c(=O)n(C)c(=O)n2CC(C)C. The van der Waals surface area contributed by atoms with E-state index in [9.17, 15) is 19.1 Å². The van der Waals surface area contributed by atoms with Crippen molar-refractivity contribution in [1.29, 1.82) is 0 Å². The van der Waals surface area contributed by atoms with E-state index in [1.54, 1.807) is 10.6 Å². The number of aromatic nitrogens is 4. The summed E-state index contributed by atoms with van der Waals surface area (Å²) in [5.74, 6) is -0.309. The molecule has 0 amide bonds. The maximum Gasteiger partial charge on any atom is 0.331 e. The van der Waals surface area contributed by atoms with Gasteiger partial charge in [-0.25, -0.2) is 9.18 Å². The van der Waals surface area contributed by atoms with E-state index in [1.165, 1.54) is 30.5 Å². The fourth-order valence-electron chi connectivity index (χ4n) is 4.21. The largest absolute Gasteiger partial charge is 0.392 e. The number of aromatic amines is 1. The number of thiophene rings is 1. The molecule has 0 saturated carbocycles. The Hall–Kier alpha value is -3.04. The van der Waals surface area contributed by atoms with Crippen LogP contribution in [0.3, 0.4) is 0 Å². The lowest BCUT2D eigenvalue weighted by Gasteiger charge is -2.12. The van der Waals surface area contributed by atoms with Crippen molar-refractivity contribution in [2.24, 2.45) is 13.0 Å². The van der Waals surface area contributed by atoms with Crippen molar-refractivity contribution in [1.82, 2.24) is 19.3 Å². The molecule has 0 bridgehead atoms. The highest BCUT2D eigenvalue weighted by atomic mass is 32.1. The molecule has 4 aromatic rings. The smallest absolute Gasteiger partial charge is 0.331 e. The van der Waals surface area contributed by atoms with E-state index < -0.39 is 11.4 Å². The van der Waals surface area contributed by atoms with Crippen LogP contribution in [0.4, 0.5) is 4.39 Å². The Morgan fingerprint density at radius 3 is 2.55 bits per heavy atom. The molecule has 4 rings (SSSR count).